The Morgan fingerprint density at radius 1 is 1.40 bits per heavy atom. The number of nitrogens with one attached hydrogen (secondary N) is 1. The molecule has 0 bridgehead atoms. The third-order valence-electron chi connectivity index (χ3n) is 3.05. The third-order valence-corrected chi connectivity index (χ3v) is 4.49. The molecule has 1 aromatic carbocycles. The van der Waals surface area contributed by atoms with Crippen LogP contribution in [0.4, 0.5) is 5.69 Å². The summed E-state index contributed by atoms with van der Waals surface area (Å²) in [6.45, 7) is 1.93. The second kappa shape index (κ2) is 6.29. The van der Waals surface area contributed by atoms with Gasteiger partial charge in [0.15, 0.2) is 0 Å². The second-order valence-corrected chi connectivity index (χ2v) is 6.92. The molecule has 0 heterocycles. The van der Waals surface area contributed by atoms with E-state index < -0.39 is 10.0 Å². The molecular weight excluding hydrogens is 274 g/mol. The molecule has 0 aromatic heterocycles. The number of aryl methyl sites for hydroxylation is 1. The quantitative estimate of drug-likeness (QED) is 0.815. The van der Waals surface area contributed by atoms with Crippen molar-refractivity contribution in [3.05, 3.63) is 29.3 Å². The fourth-order valence-corrected chi connectivity index (χ4v) is 3.42. The van der Waals surface area contributed by atoms with Crippen LogP contribution in [0.2, 0.25) is 0 Å². The first-order valence-corrected chi connectivity index (χ1v) is 8.36. The summed E-state index contributed by atoms with van der Waals surface area (Å²) in [6, 6.07) is 5.44. The Kier molecular flexibility index (Phi) is 4.69. The Morgan fingerprint density at radius 2 is 2.15 bits per heavy atom. The predicted molar refractivity (Wildman–Crippen MR) is 79.9 cm³/mol. The molecule has 1 saturated carbocycles. The maximum Gasteiger partial charge on any atom is 0.233 e. The van der Waals surface area contributed by atoms with E-state index in [1.165, 1.54) is 0 Å². The molecule has 4 nitrogen and oxygen atoms in total. The van der Waals surface area contributed by atoms with Gasteiger partial charge in [0, 0.05) is 12.0 Å². The van der Waals surface area contributed by atoms with Gasteiger partial charge in [-0.05, 0) is 43.4 Å². The lowest BCUT2D eigenvalue weighted by Gasteiger charge is -2.10. The van der Waals surface area contributed by atoms with E-state index in [9.17, 15) is 8.42 Å². The van der Waals surface area contributed by atoms with Crippen LogP contribution in [0.25, 0.3) is 0 Å². The summed E-state index contributed by atoms with van der Waals surface area (Å²) in [5, 5.41) is 8.75. The van der Waals surface area contributed by atoms with Crippen molar-refractivity contribution in [2.75, 3.05) is 17.1 Å². The van der Waals surface area contributed by atoms with E-state index in [4.69, 9.17) is 5.11 Å². The summed E-state index contributed by atoms with van der Waals surface area (Å²) < 4.78 is 26.7. The van der Waals surface area contributed by atoms with Crippen LogP contribution >= 0.6 is 0 Å². The molecule has 1 fully saturated rings. The van der Waals surface area contributed by atoms with Gasteiger partial charge in [0.25, 0.3) is 0 Å². The van der Waals surface area contributed by atoms with Crippen molar-refractivity contribution >= 4 is 15.7 Å². The molecule has 0 aliphatic heterocycles. The van der Waals surface area contributed by atoms with E-state index in [0.29, 0.717) is 23.6 Å². The predicted octanol–water partition coefficient (Wildman–Crippen LogP) is 1.88. The van der Waals surface area contributed by atoms with E-state index >= 15 is 0 Å². The van der Waals surface area contributed by atoms with Gasteiger partial charge >= 0.3 is 0 Å². The first kappa shape index (κ1) is 14.9. The number of hydrogen-bond acceptors (Lipinski definition) is 3. The minimum atomic E-state index is -3.30. The lowest BCUT2D eigenvalue weighted by molar-refractivity contribution is 0.305. The highest BCUT2D eigenvalue weighted by Gasteiger charge is 2.28. The fraction of sp³-hybridized carbons (Fsp3) is 0.467. The van der Waals surface area contributed by atoms with Crippen molar-refractivity contribution in [2.45, 2.75) is 26.2 Å². The van der Waals surface area contributed by atoms with Gasteiger partial charge < -0.3 is 5.11 Å². The van der Waals surface area contributed by atoms with Crippen LogP contribution in [-0.4, -0.2) is 25.9 Å². The molecule has 2 N–H and O–H groups in total. The minimum Gasteiger partial charge on any atom is -0.395 e. The summed E-state index contributed by atoms with van der Waals surface area (Å²) in [4.78, 5) is 0. The molecule has 1 aliphatic rings. The zero-order chi connectivity index (χ0) is 14.6. The van der Waals surface area contributed by atoms with Crippen LogP contribution in [0.5, 0.6) is 0 Å². The van der Waals surface area contributed by atoms with Crippen LogP contribution in [-0.2, 0) is 10.0 Å². The maximum atomic E-state index is 12.0. The molecule has 0 unspecified atom stereocenters. The Hall–Kier alpha value is -1.51. The van der Waals surface area contributed by atoms with Crippen molar-refractivity contribution in [1.82, 2.24) is 0 Å². The molecule has 0 saturated heterocycles. The molecule has 0 atom stereocenters. The number of hydrogen-bond donors (Lipinski definition) is 2. The number of aliphatic hydroxyl groups is 1. The van der Waals surface area contributed by atoms with Crippen LogP contribution in [0.3, 0.4) is 0 Å². The van der Waals surface area contributed by atoms with Crippen LogP contribution in [0.1, 0.15) is 30.4 Å². The highest BCUT2D eigenvalue weighted by molar-refractivity contribution is 7.92. The lowest BCUT2D eigenvalue weighted by atomic mass is 10.1. The van der Waals surface area contributed by atoms with E-state index in [2.05, 4.69) is 16.6 Å². The number of rotatable bonds is 5. The standard InChI is InChI=1S/C15H19NO3S/c1-12-5-8-15(14(10-12)4-2-3-9-17)16-20(18,19)11-13-6-7-13/h5,8,10,13,16-17H,3,6-7,9,11H2,1H3. The zero-order valence-corrected chi connectivity index (χ0v) is 12.3. The van der Waals surface area contributed by atoms with Gasteiger partial charge in [0.05, 0.1) is 18.0 Å². The van der Waals surface area contributed by atoms with Gasteiger partial charge in [-0.2, -0.15) is 0 Å². The van der Waals surface area contributed by atoms with Gasteiger partial charge in [-0.1, -0.05) is 17.9 Å². The van der Waals surface area contributed by atoms with Crippen LogP contribution < -0.4 is 4.72 Å². The lowest BCUT2D eigenvalue weighted by Crippen LogP contribution is -2.18. The summed E-state index contributed by atoms with van der Waals surface area (Å²) >= 11 is 0. The Balaban J connectivity index is 2.20. The fourth-order valence-electron chi connectivity index (χ4n) is 1.87. The summed E-state index contributed by atoms with van der Waals surface area (Å²) in [7, 11) is -3.30. The van der Waals surface area contributed by atoms with E-state index in [0.717, 1.165) is 18.4 Å². The van der Waals surface area contributed by atoms with Crippen molar-refractivity contribution in [3.63, 3.8) is 0 Å². The molecule has 1 aliphatic carbocycles. The van der Waals surface area contributed by atoms with Crippen molar-refractivity contribution in [3.8, 4) is 11.8 Å². The van der Waals surface area contributed by atoms with Crippen molar-refractivity contribution < 1.29 is 13.5 Å². The molecule has 0 amide bonds. The van der Waals surface area contributed by atoms with E-state index in [1.807, 2.05) is 19.1 Å². The minimum absolute atomic E-state index is 0.00154. The molecule has 20 heavy (non-hydrogen) atoms. The Bertz CT molecular complexity index is 637. The van der Waals surface area contributed by atoms with E-state index in [1.54, 1.807) is 6.07 Å². The monoisotopic (exact) mass is 293 g/mol. The largest absolute Gasteiger partial charge is 0.395 e. The van der Waals surface area contributed by atoms with Crippen LogP contribution in [0.15, 0.2) is 18.2 Å². The average molecular weight is 293 g/mol. The number of benzene rings is 1. The van der Waals surface area contributed by atoms with Crippen LogP contribution in [0, 0.1) is 24.7 Å². The summed E-state index contributed by atoms with van der Waals surface area (Å²) in [5.74, 6) is 6.22. The van der Waals surface area contributed by atoms with Gasteiger partial charge in [-0.15, -0.1) is 0 Å². The normalized spacial score (nSPS) is 14.5. The third kappa shape index (κ3) is 4.55. The highest BCUT2D eigenvalue weighted by atomic mass is 32.2. The highest BCUT2D eigenvalue weighted by Crippen LogP contribution is 2.31. The average Bonchev–Trinajstić information content (AvgIpc) is 3.16. The van der Waals surface area contributed by atoms with Crippen molar-refractivity contribution in [2.24, 2.45) is 5.92 Å². The number of anilines is 1. The Morgan fingerprint density at radius 3 is 2.80 bits per heavy atom. The molecular formula is C15H19NO3S. The van der Waals surface area contributed by atoms with Crippen molar-refractivity contribution in [1.29, 1.82) is 0 Å². The molecule has 0 radical (unpaired) electrons. The summed E-state index contributed by atoms with van der Waals surface area (Å²) in [5.41, 5.74) is 2.18. The first-order chi connectivity index (χ1) is 9.50. The Labute approximate surface area is 120 Å². The first-order valence-electron chi connectivity index (χ1n) is 6.71. The molecule has 0 spiro atoms. The zero-order valence-electron chi connectivity index (χ0n) is 11.5. The number of sulfonamides is 1. The summed E-state index contributed by atoms with van der Waals surface area (Å²) in [6.07, 6.45) is 2.37. The smallest absolute Gasteiger partial charge is 0.233 e. The SMILES string of the molecule is Cc1ccc(NS(=O)(=O)CC2CC2)c(C#CCCO)c1. The molecule has 108 valence electrons. The molecule has 1 aromatic rings. The van der Waals surface area contributed by atoms with Gasteiger partial charge in [0.2, 0.25) is 10.0 Å². The topological polar surface area (TPSA) is 66.4 Å². The van der Waals surface area contributed by atoms with E-state index in [-0.39, 0.29) is 12.4 Å². The molecule has 5 heteroatoms. The van der Waals surface area contributed by atoms with Gasteiger partial charge in [0.1, 0.15) is 0 Å². The van der Waals surface area contributed by atoms with Gasteiger partial charge in [-0.25, -0.2) is 8.42 Å². The number of aliphatic hydroxyl groups excluding tert-OH is 1. The second-order valence-electron chi connectivity index (χ2n) is 5.15. The van der Waals surface area contributed by atoms with Gasteiger partial charge in [-0.3, -0.25) is 4.72 Å². The molecule has 2 rings (SSSR count). The maximum absolute atomic E-state index is 12.0.